The van der Waals surface area contributed by atoms with Crippen LogP contribution in [-0.2, 0) is 19.1 Å². The van der Waals surface area contributed by atoms with Gasteiger partial charge >= 0.3 is 5.97 Å². The van der Waals surface area contributed by atoms with Crippen LogP contribution in [0.25, 0.3) is 0 Å². The second kappa shape index (κ2) is 15.4. The molecule has 0 aliphatic rings. The monoisotopic (exact) mass is 348 g/mol. The molecule has 2 atom stereocenters. The third-order valence-corrected chi connectivity index (χ3v) is 3.17. The van der Waals surface area contributed by atoms with Gasteiger partial charge in [0.15, 0.2) is 6.10 Å². The molecule has 25 heavy (non-hydrogen) atoms. The molecule has 0 aromatic rings. The van der Waals surface area contributed by atoms with Crippen LogP contribution in [0, 0.1) is 23.7 Å². The fourth-order valence-corrected chi connectivity index (χ4v) is 1.85. The van der Waals surface area contributed by atoms with Crippen molar-refractivity contribution in [3.8, 4) is 23.7 Å². The van der Waals surface area contributed by atoms with Gasteiger partial charge in [0.2, 0.25) is 5.78 Å². The first-order valence-corrected chi connectivity index (χ1v) is 8.56. The van der Waals surface area contributed by atoms with Gasteiger partial charge < -0.3 is 14.6 Å². The van der Waals surface area contributed by atoms with Gasteiger partial charge in [0.05, 0.1) is 6.61 Å². The molecule has 0 saturated carbocycles. The number of ether oxygens (including phenoxy) is 2. The molecule has 0 heterocycles. The van der Waals surface area contributed by atoms with E-state index in [-0.39, 0.29) is 12.2 Å². The molecule has 138 valence electrons. The number of carbonyl (C=O) groups excluding carboxylic acids is 2. The molecular weight excluding hydrogens is 320 g/mol. The van der Waals surface area contributed by atoms with E-state index in [1.165, 1.54) is 26.9 Å². The van der Waals surface area contributed by atoms with Gasteiger partial charge in [-0.3, -0.25) is 9.59 Å². The Labute approximate surface area is 150 Å². The maximum atomic E-state index is 11.3. The number of methoxy groups -OCH3 is 1. The molecule has 0 fully saturated rings. The summed E-state index contributed by atoms with van der Waals surface area (Å²) in [5, 5.41) is 10.1. The molecule has 0 spiro atoms. The van der Waals surface area contributed by atoms with Gasteiger partial charge in [-0.2, -0.15) is 0 Å². The number of hydrogen-bond donors (Lipinski definition) is 1. The SMILES string of the molecule is CCCCCC/C=C/C(O)C(C#CC#CC(=O)CCOC)OC(C)=O. The van der Waals surface area contributed by atoms with Crippen LogP contribution in [0.4, 0.5) is 0 Å². The van der Waals surface area contributed by atoms with Crippen molar-refractivity contribution in [1.82, 2.24) is 0 Å². The van der Waals surface area contributed by atoms with Crippen molar-refractivity contribution in [3.63, 3.8) is 0 Å². The highest BCUT2D eigenvalue weighted by molar-refractivity contribution is 5.96. The van der Waals surface area contributed by atoms with E-state index in [4.69, 9.17) is 9.47 Å². The molecule has 0 bridgehead atoms. The Morgan fingerprint density at radius 3 is 2.60 bits per heavy atom. The third kappa shape index (κ3) is 14.0. The van der Waals surface area contributed by atoms with E-state index < -0.39 is 18.2 Å². The van der Waals surface area contributed by atoms with Crippen LogP contribution in [0.1, 0.15) is 52.4 Å². The zero-order chi connectivity index (χ0) is 18.9. The van der Waals surface area contributed by atoms with Crippen LogP contribution in [0.2, 0.25) is 0 Å². The minimum absolute atomic E-state index is 0.196. The van der Waals surface area contributed by atoms with Crippen molar-refractivity contribution in [3.05, 3.63) is 12.2 Å². The fourth-order valence-electron chi connectivity index (χ4n) is 1.85. The number of hydrogen-bond acceptors (Lipinski definition) is 5. The summed E-state index contributed by atoms with van der Waals surface area (Å²) in [7, 11) is 1.50. The number of allylic oxidation sites excluding steroid dienone is 1. The van der Waals surface area contributed by atoms with Gasteiger partial charge in [0, 0.05) is 20.5 Å². The van der Waals surface area contributed by atoms with Crippen LogP contribution in [0.5, 0.6) is 0 Å². The second-order valence-corrected chi connectivity index (χ2v) is 5.48. The van der Waals surface area contributed by atoms with E-state index in [1.54, 1.807) is 6.08 Å². The van der Waals surface area contributed by atoms with Crippen molar-refractivity contribution in [1.29, 1.82) is 0 Å². The molecular formula is C20H28O5. The van der Waals surface area contributed by atoms with E-state index in [0.29, 0.717) is 6.61 Å². The number of unbranched alkanes of at least 4 members (excludes halogenated alkanes) is 4. The van der Waals surface area contributed by atoms with Crippen molar-refractivity contribution in [2.45, 2.75) is 64.6 Å². The Kier molecular flexibility index (Phi) is 14.2. The fraction of sp³-hybridized carbons (Fsp3) is 0.600. The molecule has 0 rings (SSSR count). The Bertz CT molecular complexity index is 542. The molecule has 0 amide bonds. The number of aliphatic hydroxyl groups excluding tert-OH is 1. The summed E-state index contributed by atoms with van der Waals surface area (Å²) in [5.74, 6) is 8.95. The lowest BCUT2D eigenvalue weighted by Crippen LogP contribution is -2.27. The Morgan fingerprint density at radius 1 is 1.20 bits per heavy atom. The molecule has 0 aliphatic heterocycles. The van der Waals surface area contributed by atoms with Crippen molar-refractivity contribution < 1.29 is 24.2 Å². The molecule has 5 heteroatoms. The first-order chi connectivity index (χ1) is 12.0. The number of rotatable bonds is 11. The van der Waals surface area contributed by atoms with E-state index in [1.807, 2.05) is 6.08 Å². The Morgan fingerprint density at radius 2 is 1.96 bits per heavy atom. The zero-order valence-corrected chi connectivity index (χ0v) is 15.3. The lowest BCUT2D eigenvalue weighted by molar-refractivity contribution is -0.146. The van der Waals surface area contributed by atoms with Crippen molar-refractivity contribution in [2.24, 2.45) is 0 Å². The number of esters is 1. The van der Waals surface area contributed by atoms with Gasteiger partial charge in [-0.15, -0.1) is 0 Å². The van der Waals surface area contributed by atoms with E-state index in [2.05, 4.69) is 30.6 Å². The van der Waals surface area contributed by atoms with Crippen molar-refractivity contribution in [2.75, 3.05) is 13.7 Å². The molecule has 0 aliphatic carbocycles. The summed E-state index contributed by atoms with van der Waals surface area (Å²) in [5.41, 5.74) is 0. The zero-order valence-electron chi connectivity index (χ0n) is 15.3. The maximum absolute atomic E-state index is 11.3. The summed E-state index contributed by atoms with van der Waals surface area (Å²) in [6, 6.07) is 0. The summed E-state index contributed by atoms with van der Waals surface area (Å²) < 4.78 is 9.77. The average Bonchev–Trinajstić information content (AvgIpc) is 2.58. The molecule has 0 aromatic carbocycles. The number of Topliss-reactive ketones (excluding diaryl/α,β-unsaturated/α-hetero) is 1. The molecule has 0 aromatic heterocycles. The highest BCUT2D eigenvalue weighted by atomic mass is 16.6. The molecule has 5 nitrogen and oxygen atoms in total. The summed E-state index contributed by atoms with van der Waals surface area (Å²) in [6.45, 7) is 3.70. The summed E-state index contributed by atoms with van der Waals surface area (Å²) in [6.07, 6.45) is 7.01. The summed E-state index contributed by atoms with van der Waals surface area (Å²) in [4.78, 5) is 22.5. The quantitative estimate of drug-likeness (QED) is 0.204. The largest absolute Gasteiger partial charge is 0.446 e. The van der Waals surface area contributed by atoms with Gasteiger partial charge in [0.25, 0.3) is 0 Å². The van der Waals surface area contributed by atoms with Crippen LogP contribution >= 0.6 is 0 Å². The predicted octanol–water partition coefficient (Wildman–Crippen LogP) is 2.42. The normalized spacial score (nSPS) is 12.5. The lowest BCUT2D eigenvalue weighted by Gasteiger charge is -2.14. The molecule has 0 saturated heterocycles. The van der Waals surface area contributed by atoms with Crippen LogP contribution in [0.3, 0.4) is 0 Å². The van der Waals surface area contributed by atoms with Crippen molar-refractivity contribution >= 4 is 11.8 Å². The molecule has 0 radical (unpaired) electrons. The Balaban J connectivity index is 4.61. The predicted molar refractivity (Wildman–Crippen MR) is 96.5 cm³/mol. The minimum Gasteiger partial charge on any atom is -0.446 e. The maximum Gasteiger partial charge on any atom is 0.303 e. The topological polar surface area (TPSA) is 72.8 Å². The van der Waals surface area contributed by atoms with Crippen LogP contribution < -0.4 is 0 Å². The third-order valence-electron chi connectivity index (χ3n) is 3.17. The molecule has 2 unspecified atom stereocenters. The van der Waals surface area contributed by atoms with E-state index >= 15 is 0 Å². The second-order valence-electron chi connectivity index (χ2n) is 5.48. The number of ketones is 1. The first-order valence-electron chi connectivity index (χ1n) is 8.56. The summed E-state index contributed by atoms with van der Waals surface area (Å²) >= 11 is 0. The van der Waals surface area contributed by atoms with E-state index in [9.17, 15) is 14.7 Å². The first kappa shape index (κ1) is 22.9. The number of carbonyl (C=O) groups is 2. The number of aliphatic hydroxyl groups is 1. The highest BCUT2D eigenvalue weighted by Gasteiger charge is 2.17. The van der Waals surface area contributed by atoms with Gasteiger partial charge in [-0.05, 0) is 36.5 Å². The van der Waals surface area contributed by atoms with Crippen LogP contribution in [0.15, 0.2) is 12.2 Å². The van der Waals surface area contributed by atoms with Gasteiger partial charge in [-0.1, -0.05) is 38.3 Å². The molecule has 1 N–H and O–H groups in total. The van der Waals surface area contributed by atoms with Crippen LogP contribution in [-0.4, -0.2) is 42.8 Å². The Hall–Kier alpha value is -2.08. The van der Waals surface area contributed by atoms with Gasteiger partial charge in [-0.25, -0.2) is 0 Å². The average molecular weight is 348 g/mol. The minimum atomic E-state index is -1.03. The van der Waals surface area contributed by atoms with Gasteiger partial charge in [0.1, 0.15) is 6.10 Å². The smallest absolute Gasteiger partial charge is 0.303 e. The highest BCUT2D eigenvalue weighted by Crippen LogP contribution is 2.06. The van der Waals surface area contributed by atoms with E-state index in [0.717, 1.165) is 19.3 Å². The lowest BCUT2D eigenvalue weighted by atomic mass is 10.1. The standard InChI is InChI=1S/C20H28O5/c1-4-5-6-7-8-9-13-19(23)20(25-17(2)21)14-11-10-12-18(22)15-16-24-3/h9,13,19-20,23H,4-8,15-16H2,1-3H3/b13-9+.